The number of hydrogen-bond donors (Lipinski definition) is 0. The second-order valence-electron chi connectivity index (χ2n) is 7.58. The molecule has 0 bridgehead atoms. The first-order valence-corrected chi connectivity index (χ1v) is 11.6. The molecule has 0 radical (unpaired) electrons. The van der Waals surface area contributed by atoms with Crippen molar-refractivity contribution >= 4 is 16.8 Å². The smallest absolute Gasteiger partial charge is 0.115 e. The van der Waals surface area contributed by atoms with Crippen molar-refractivity contribution in [1.82, 2.24) is 0 Å². The molecule has 158 valence electrons. The van der Waals surface area contributed by atoms with Crippen LogP contribution in [0.15, 0.2) is 41.1 Å². The third-order valence-corrected chi connectivity index (χ3v) is 6.18. The van der Waals surface area contributed by atoms with E-state index in [1.165, 1.54) is 25.7 Å². The van der Waals surface area contributed by atoms with Gasteiger partial charge >= 0.3 is 0 Å². The number of allylic oxidation sites excluding steroid dienone is 1. The lowest BCUT2D eigenvalue weighted by molar-refractivity contribution is 0.101. The minimum Gasteiger partial charge on any atom is -0.494 e. The molecule has 0 aromatic rings. The Morgan fingerprint density at radius 3 is 2.86 bits per heavy atom. The van der Waals surface area contributed by atoms with E-state index in [2.05, 4.69) is 32.6 Å². The van der Waals surface area contributed by atoms with Crippen LogP contribution >= 0.6 is 11.8 Å². The predicted octanol–water partition coefficient (Wildman–Crippen LogP) is 5.70. The van der Waals surface area contributed by atoms with Gasteiger partial charge in [0.05, 0.1) is 36.5 Å². The SMILES string of the molecule is C=C(COC1C=CC(OCCCCCCC)=CC1)CC1=NC(C(C)OC)CS1. The molecule has 0 amide bonds. The van der Waals surface area contributed by atoms with E-state index < -0.39 is 0 Å². The molecule has 3 atom stereocenters. The predicted molar refractivity (Wildman–Crippen MR) is 120 cm³/mol. The van der Waals surface area contributed by atoms with Crippen LogP contribution in [0.25, 0.3) is 0 Å². The van der Waals surface area contributed by atoms with E-state index in [1.54, 1.807) is 7.11 Å². The van der Waals surface area contributed by atoms with E-state index in [0.717, 1.165) is 48.0 Å². The first-order chi connectivity index (χ1) is 13.6. The van der Waals surface area contributed by atoms with E-state index in [0.29, 0.717) is 6.61 Å². The Balaban J connectivity index is 1.58. The fourth-order valence-electron chi connectivity index (χ4n) is 3.13. The molecule has 2 rings (SSSR count). The van der Waals surface area contributed by atoms with Gasteiger partial charge in [0.1, 0.15) is 5.76 Å². The molecule has 0 aromatic heterocycles. The molecule has 0 aromatic carbocycles. The molecular formula is C23H37NO3S. The summed E-state index contributed by atoms with van der Waals surface area (Å²) in [6.45, 7) is 9.86. The highest BCUT2D eigenvalue weighted by Gasteiger charge is 2.23. The van der Waals surface area contributed by atoms with E-state index >= 15 is 0 Å². The van der Waals surface area contributed by atoms with Gasteiger partial charge in [0.2, 0.25) is 0 Å². The molecule has 5 heteroatoms. The summed E-state index contributed by atoms with van der Waals surface area (Å²) < 4.78 is 17.2. The Kier molecular flexibility index (Phi) is 11.0. The number of methoxy groups -OCH3 is 1. The number of nitrogens with zero attached hydrogens (tertiary/aromatic N) is 1. The van der Waals surface area contributed by atoms with Crippen LogP contribution in [0.1, 0.15) is 58.8 Å². The fourth-order valence-corrected chi connectivity index (χ4v) is 4.36. The van der Waals surface area contributed by atoms with Crippen LogP contribution in [0.4, 0.5) is 0 Å². The summed E-state index contributed by atoms with van der Waals surface area (Å²) in [5.41, 5.74) is 1.07. The summed E-state index contributed by atoms with van der Waals surface area (Å²) in [5.74, 6) is 1.97. The molecule has 0 fully saturated rings. The van der Waals surface area contributed by atoms with Crippen LogP contribution in [0.2, 0.25) is 0 Å². The maximum atomic E-state index is 5.99. The first-order valence-electron chi connectivity index (χ1n) is 10.6. The highest BCUT2D eigenvalue weighted by molar-refractivity contribution is 8.14. The zero-order valence-corrected chi connectivity index (χ0v) is 18.6. The quantitative estimate of drug-likeness (QED) is 0.274. The lowest BCUT2D eigenvalue weighted by Gasteiger charge is -2.18. The molecule has 4 nitrogen and oxygen atoms in total. The normalized spacial score (nSPS) is 22.7. The van der Waals surface area contributed by atoms with Crippen molar-refractivity contribution in [3.05, 3.63) is 36.1 Å². The Bertz CT molecular complexity index is 570. The van der Waals surface area contributed by atoms with Crippen LogP contribution < -0.4 is 0 Å². The maximum Gasteiger partial charge on any atom is 0.115 e. The van der Waals surface area contributed by atoms with Crippen LogP contribution in [0, 0.1) is 0 Å². The van der Waals surface area contributed by atoms with Crippen LogP contribution in [0.5, 0.6) is 0 Å². The Morgan fingerprint density at radius 2 is 2.14 bits per heavy atom. The summed E-state index contributed by atoms with van der Waals surface area (Å²) in [4.78, 5) is 4.75. The third-order valence-electron chi connectivity index (χ3n) is 5.09. The highest BCUT2D eigenvalue weighted by atomic mass is 32.2. The minimum atomic E-state index is 0.105. The van der Waals surface area contributed by atoms with Crippen molar-refractivity contribution in [3.8, 4) is 0 Å². The monoisotopic (exact) mass is 407 g/mol. The maximum absolute atomic E-state index is 5.99. The first kappa shape index (κ1) is 23.2. The number of unbranched alkanes of at least 4 members (excludes halogenated alkanes) is 4. The average Bonchev–Trinajstić information content (AvgIpc) is 3.17. The molecule has 1 aliphatic heterocycles. The zero-order chi connectivity index (χ0) is 20.2. The lowest BCUT2D eigenvalue weighted by atomic mass is 10.1. The molecule has 0 N–H and O–H groups in total. The van der Waals surface area contributed by atoms with Gasteiger partial charge in [-0.05, 0) is 37.5 Å². The minimum absolute atomic E-state index is 0.105. The van der Waals surface area contributed by atoms with Crippen molar-refractivity contribution in [2.75, 3.05) is 26.1 Å². The van der Waals surface area contributed by atoms with Crippen LogP contribution in [-0.2, 0) is 14.2 Å². The van der Waals surface area contributed by atoms with E-state index in [4.69, 9.17) is 19.2 Å². The number of thioether (sulfide) groups is 1. The summed E-state index contributed by atoms with van der Waals surface area (Å²) in [6, 6.07) is 0.259. The van der Waals surface area contributed by atoms with E-state index in [9.17, 15) is 0 Å². The molecule has 0 spiro atoms. The molecule has 1 heterocycles. The molecule has 3 unspecified atom stereocenters. The average molecular weight is 408 g/mol. The van der Waals surface area contributed by atoms with Gasteiger partial charge in [0, 0.05) is 19.3 Å². The summed E-state index contributed by atoms with van der Waals surface area (Å²) >= 11 is 1.81. The number of rotatable bonds is 14. The third kappa shape index (κ3) is 8.54. The van der Waals surface area contributed by atoms with Crippen molar-refractivity contribution in [1.29, 1.82) is 0 Å². The fraction of sp³-hybridized carbons (Fsp3) is 0.696. The van der Waals surface area contributed by atoms with E-state index in [-0.39, 0.29) is 18.2 Å². The van der Waals surface area contributed by atoms with Gasteiger partial charge in [0.25, 0.3) is 0 Å². The molecule has 28 heavy (non-hydrogen) atoms. The van der Waals surface area contributed by atoms with Gasteiger partial charge in [-0.15, -0.1) is 11.8 Å². The van der Waals surface area contributed by atoms with Crippen LogP contribution in [0.3, 0.4) is 0 Å². The Morgan fingerprint density at radius 1 is 1.32 bits per heavy atom. The highest BCUT2D eigenvalue weighted by Crippen LogP contribution is 2.25. The van der Waals surface area contributed by atoms with Gasteiger partial charge in [-0.2, -0.15) is 0 Å². The van der Waals surface area contributed by atoms with E-state index in [1.807, 2.05) is 17.8 Å². The Hall–Kier alpha value is -1.04. The van der Waals surface area contributed by atoms with Crippen molar-refractivity contribution in [3.63, 3.8) is 0 Å². The van der Waals surface area contributed by atoms with Crippen molar-refractivity contribution < 1.29 is 14.2 Å². The summed E-state index contributed by atoms with van der Waals surface area (Å²) in [6.07, 6.45) is 14.5. The van der Waals surface area contributed by atoms with Gasteiger partial charge < -0.3 is 14.2 Å². The number of ether oxygens (including phenoxy) is 3. The van der Waals surface area contributed by atoms with Gasteiger partial charge in [-0.25, -0.2) is 0 Å². The largest absolute Gasteiger partial charge is 0.494 e. The summed E-state index contributed by atoms with van der Waals surface area (Å²) in [5, 5.41) is 1.15. The molecule has 1 aliphatic carbocycles. The van der Waals surface area contributed by atoms with Gasteiger partial charge in [-0.1, -0.05) is 45.3 Å². The molecule has 2 aliphatic rings. The molecule has 0 saturated carbocycles. The van der Waals surface area contributed by atoms with Gasteiger partial charge in [-0.3, -0.25) is 4.99 Å². The standard InChI is InChI=1S/C23H37NO3S/c1-5-6-7-8-9-14-26-20-10-12-21(13-11-20)27-16-18(2)15-23-24-22(17-28-23)19(3)25-4/h10-12,19,21-22H,2,5-9,13-17H2,1,3-4H3. The number of hydrogen-bond acceptors (Lipinski definition) is 5. The van der Waals surface area contributed by atoms with Crippen molar-refractivity contribution in [2.45, 2.75) is 77.0 Å². The second-order valence-corrected chi connectivity index (χ2v) is 8.68. The topological polar surface area (TPSA) is 40.0 Å². The molecular weight excluding hydrogens is 370 g/mol. The van der Waals surface area contributed by atoms with Crippen LogP contribution in [-0.4, -0.2) is 49.4 Å². The lowest BCUT2D eigenvalue weighted by Crippen LogP contribution is -2.23. The molecule has 0 saturated heterocycles. The van der Waals surface area contributed by atoms with Crippen molar-refractivity contribution in [2.24, 2.45) is 4.99 Å². The Labute approximate surface area is 175 Å². The summed E-state index contributed by atoms with van der Waals surface area (Å²) in [7, 11) is 1.74. The van der Waals surface area contributed by atoms with Gasteiger partial charge in [0.15, 0.2) is 0 Å². The second kappa shape index (κ2) is 13.2. The zero-order valence-electron chi connectivity index (χ0n) is 17.8. The number of aliphatic imine (C=N–C) groups is 1.